The molecule has 2 heterocycles. The van der Waals surface area contributed by atoms with Crippen molar-refractivity contribution in [1.82, 2.24) is 4.31 Å². The molecule has 1 aliphatic heterocycles. The lowest BCUT2D eigenvalue weighted by Crippen LogP contribution is -2.27. The van der Waals surface area contributed by atoms with Crippen molar-refractivity contribution < 1.29 is 23.2 Å². The zero-order chi connectivity index (χ0) is 21.5. The Balaban J connectivity index is 1.61. The summed E-state index contributed by atoms with van der Waals surface area (Å²) >= 11 is 1.14. The van der Waals surface area contributed by atoms with Gasteiger partial charge in [-0.3, -0.25) is 14.9 Å². The summed E-state index contributed by atoms with van der Waals surface area (Å²) in [7, 11) is -3.70. The Morgan fingerprint density at radius 2 is 1.87 bits per heavy atom. The number of rotatable bonds is 5. The van der Waals surface area contributed by atoms with Crippen molar-refractivity contribution in [1.29, 1.82) is 0 Å². The number of phenolic OH excluding ortho intramolecular Hbond substituents is 1. The quantitative estimate of drug-likeness (QED) is 0.349. The van der Waals surface area contributed by atoms with E-state index in [0.717, 1.165) is 24.2 Å². The number of nitro groups is 1. The van der Waals surface area contributed by atoms with Crippen molar-refractivity contribution in [3.63, 3.8) is 0 Å². The number of hydrogen-bond donors (Lipinski definition) is 2. The Labute approximate surface area is 175 Å². The Hall–Kier alpha value is -3.02. The molecule has 0 atom stereocenters. The van der Waals surface area contributed by atoms with Gasteiger partial charge >= 0.3 is 0 Å². The molecule has 0 unspecified atom stereocenters. The fourth-order valence-electron chi connectivity index (χ4n) is 3.29. The van der Waals surface area contributed by atoms with Crippen LogP contribution >= 0.6 is 11.3 Å². The van der Waals surface area contributed by atoms with Crippen molar-refractivity contribution in [2.45, 2.75) is 17.7 Å². The highest BCUT2D eigenvalue weighted by Gasteiger charge is 2.28. The van der Waals surface area contributed by atoms with Gasteiger partial charge in [0.1, 0.15) is 5.75 Å². The summed E-state index contributed by atoms with van der Waals surface area (Å²) in [5.41, 5.74) is -0.103. The fourth-order valence-corrected chi connectivity index (χ4v) is 5.78. The van der Waals surface area contributed by atoms with Gasteiger partial charge in [-0.1, -0.05) is 0 Å². The lowest BCUT2D eigenvalue weighted by atomic mass is 10.2. The third kappa shape index (κ3) is 3.74. The Kier molecular flexibility index (Phi) is 5.18. The van der Waals surface area contributed by atoms with Crippen LogP contribution in [0.5, 0.6) is 5.75 Å². The smallest absolute Gasteiger partial charge is 0.270 e. The molecular formula is C19H17N3O6S2. The number of phenols is 1. The molecule has 11 heteroatoms. The molecule has 1 saturated heterocycles. The number of thiophene rings is 1. The van der Waals surface area contributed by atoms with Crippen LogP contribution in [0.25, 0.3) is 10.1 Å². The van der Waals surface area contributed by atoms with Gasteiger partial charge in [0, 0.05) is 35.3 Å². The van der Waals surface area contributed by atoms with Gasteiger partial charge in [-0.25, -0.2) is 8.42 Å². The maximum atomic E-state index is 12.7. The summed E-state index contributed by atoms with van der Waals surface area (Å²) in [6, 6.07) is 9.59. The van der Waals surface area contributed by atoms with E-state index in [0.29, 0.717) is 23.2 Å². The number of non-ortho nitro benzene ring substituents is 1. The summed E-state index contributed by atoms with van der Waals surface area (Å²) < 4.78 is 27.5. The molecule has 0 radical (unpaired) electrons. The van der Waals surface area contributed by atoms with Crippen LogP contribution < -0.4 is 5.32 Å². The predicted molar refractivity (Wildman–Crippen MR) is 113 cm³/mol. The third-order valence-electron chi connectivity index (χ3n) is 4.85. The molecule has 1 aromatic heterocycles. The lowest BCUT2D eigenvalue weighted by Gasteiger charge is -2.16. The highest BCUT2D eigenvalue weighted by Crippen LogP contribution is 2.32. The van der Waals surface area contributed by atoms with Crippen LogP contribution in [0.4, 0.5) is 11.4 Å². The van der Waals surface area contributed by atoms with Crippen LogP contribution in [0.15, 0.2) is 47.4 Å². The molecule has 1 fully saturated rings. The van der Waals surface area contributed by atoms with Gasteiger partial charge in [0.05, 0.1) is 20.4 Å². The van der Waals surface area contributed by atoms with Gasteiger partial charge in [-0.15, -0.1) is 11.3 Å². The molecule has 0 aliphatic carbocycles. The van der Waals surface area contributed by atoms with Crippen LogP contribution in [0, 0.1) is 10.1 Å². The van der Waals surface area contributed by atoms with Gasteiger partial charge in [0.15, 0.2) is 0 Å². The average molecular weight is 447 g/mol. The first-order valence-electron chi connectivity index (χ1n) is 9.08. The summed E-state index contributed by atoms with van der Waals surface area (Å²) in [5.74, 6) is -0.814. The Bertz CT molecular complexity index is 1260. The minimum absolute atomic E-state index is 0.00975. The summed E-state index contributed by atoms with van der Waals surface area (Å²) in [4.78, 5) is 23.3. The average Bonchev–Trinajstić information content (AvgIpc) is 3.39. The van der Waals surface area contributed by atoms with Crippen molar-refractivity contribution >= 4 is 48.7 Å². The van der Waals surface area contributed by atoms with Gasteiger partial charge < -0.3 is 10.4 Å². The maximum Gasteiger partial charge on any atom is 0.270 e. The molecule has 9 nitrogen and oxygen atoms in total. The molecule has 2 aromatic carbocycles. The Morgan fingerprint density at radius 3 is 2.57 bits per heavy atom. The van der Waals surface area contributed by atoms with Crippen LogP contribution in [0.2, 0.25) is 0 Å². The molecular weight excluding hydrogens is 430 g/mol. The van der Waals surface area contributed by atoms with Crippen molar-refractivity contribution in [3.8, 4) is 5.75 Å². The number of hydrogen-bond acceptors (Lipinski definition) is 7. The number of carbonyl (C=O) groups excluding carboxylic acids is 1. The van der Waals surface area contributed by atoms with E-state index in [-0.39, 0.29) is 26.9 Å². The van der Waals surface area contributed by atoms with Crippen LogP contribution in [-0.2, 0) is 10.0 Å². The first kappa shape index (κ1) is 20.3. The zero-order valence-corrected chi connectivity index (χ0v) is 17.2. The highest BCUT2D eigenvalue weighted by atomic mass is 32.2. The fraction of sp³-hybridized carbons (Fsp3) is 0.211. The van der Waals surface area contributed by atoms with E-state index in [1.807, 2.05) is 0 Å². The number of amides is 1. The predicted octanol–water partition coefficient (Wildman–Crippen LogP) is 3.55. The molecule has 0 bridgehead atoms. The second-order valence-electron chi connectivity index (χ2n) is 6.83. The number of nitro benzene ring substituents is 1. The second-order valence-corrected chi connectivity index (χ2v) is 9.86. The van der Waals surface area contributed by atoms with E-state index in [1.54, 1.807) is 6.07 Å². The SMILES string of the molecule is O=C(Nc1cc(S(=O)(=O)N2CCCC2)ccc1O)c1cc2cc([N+](=O)[O-])ccc2s1. The molecule has 0 spiro atoms. The maximum absolute atomic E-state index is 12.7. The molecule has 3 aromatic rings. The number of nitrogens with zero attached hydrogens (tertiary/aromatic N) is 2. The molecule has 4 rings (SSSR count). The lowest BCUT2D eigenvalue weighted by molar-refractivity contribution is -0.384. The summed E-state index contributed by atoms with van der Waals surface area (Å²) in [6.07, 6.45) is 1.59. The molecule has 30 heavy (non-hydrogen) atoms. The normalized spacial score (nSPS) is 14.8. The van der Waals surface area contributed by atoms with E-state index in [4.69, 9.17) is 0 Å². The van der Waals surface area contributed by atoms with E-state index in [9.17, 15) is 28.4 Å². The molecule has 2 N–H and O–H groups in total. The largest absolute Gasteiger partial charge is 0.506 e. The first-order valence-corrected chi connectivity index (χ1v) is 11.3. The second kappa shape index (κ2) is 7.67. The summed E-state index contributed by atoms with van der Waals surface area (Å²) in [6.45, 7) is 0.887. The number of nitrogens with one attached hydrogen (secondary N) is 1. The number of sulfonamides is 1. The molecule has 156 valence electrons. The monoisotopic (exact) mass is 447 g/mol. The van der Waals surface area contributed by atoms with Crippen molar-refractivity contribution in [2.24, 2.45) is 0 Å². The summed E-state index contributed by atoms with van der Waals surface area (Å²) in [5, 5.41) is 24.1. The molecule has 0 saturated carbocycles. The van der Waals surface area contributed by atoms with Gasteiger partial charge in [-0.05, 0) is 43.2 Å². The zero-order valence-electron chi connectivity index (χ0n) is 15.6. The van der Waals surface area contributed by atoms with Crippen molar-refractivity contribution in [2.75, 3.05) is 18.4 Å². The highest BCUT2D eigenvalue weighted by molar-refractivity contribution is 7.89. The van der Waals surface area contributed by atoms with Crippen molar-refractivity contribution in [3.05, 3.63) is 57.5 Å². The minimum atomic E-state index is -3.70. The minimum Gasteiger partial charge on any atom is -0.506 e. The van der Waals surface area contributed by atoms with Crippen LogP contribution in [0.1, 0.15) is 22.5 Å². The molecule has 1 aliphatic rings. The first-order chi connectivity index (χ1) is 14.3. The van der Waals surface area contributed by atoms with E-state index in [1.165, 1.54) is 40.7 Å². The van der Waals surface area contributed by atoms with Gasteiger partial charge in [-0.2, -0.15) is 4.31 Å². The number of fused-ring (bicyclic) bond motifs is 1. The third-order valence-corrected chi connectivity index (χ3v) is 7.86. The van der Waals surface area contributed by atoms with E-state index in [2.05, 4.69) is 5.32 Å². The van der Waals surface area contributed by atoms with E-state index >= 15 is 0 Å². The number of aromatic hydroxyl groups is 1. The van der Waals surface area contributed by atoms with E-state index < -0.39 is 20.9 Å². The molecule has 1 amide bonds. The van der Waals surface area contributed by atoms with Gasteiger partial charge in [0.25, 0.3) is 11.6 Å². The standard InChI is InChI=1S/C19H17N3O6S2/c23-16-5-4-14(30(27,28)21-7-1-2-8-21)11-15(16)20-19(24)18-10-12-9-13(22(25)26)3-6-17(12)29-18/h3-6,9-11,23H,1-2,7-8H2,(H,20,24). The Morgan fingerprint density at radius 1 is 1.13 bits per heavy atom. The van der Waals surface area contributed by atoms with Crippen LogP contribution in [-0.4, -0.2) is 41.7 Å². The van der Waals surface area contributed by atoms with Gasteiger partial charge in [0.2, 0.25) is 10.0 Å². The number of anilines is 1. The number of benzene rings is 2. The van der Waals surface area contributed by atoms with Crippen LogP contribution in [0.3, 0.4) is 0 Å². The number of carbonyl (C=O) groups is 1. The topological polar surface area (TPSA) is 130 Å².